The molecule has 0 aromatic rings. The van der Waals surface area contributed by atoms with Crippen molar-refractivity contribution in [1.82, 2.24) is 4.90 Å². The number of ether oxygens (including phenoxy) is 2. The fourth-order valence-electron chi connectivity index (χ4n) is 6.87. The zero-order chi connectivity index (χ0) is 23.7. The van der Waals surface area contributed by atoms with E-state index >= 15 is 0 Å². The molecule has 5 rings (SSSR count). The number of aliphatic hydroxyl groups excluding tert-OH is 2. The van der Waals surface area contributed by atoms with E-state index in [1.165, 1.54) is 7.11 Å². The van der Waals surface area contributed by atoms with E-state index in [2.05, 4.69) is 0 Å². The van der Waals surface area contributed by atoms with E-state index < -0.39 is 40.5 Å². The van der Waals surface area contributed by atoms with Gasteiger partial charge in [-0.15, -0.1) is 0 Å². The number of carbonyl (C=O) groups excluding carboxylic acids is 3. The Balaban J connectivity index is 1.74. The number of fused-ring (bicyclic) bond motifs is 4. The Morgan fingerprint density at radius 3 is 2.58 bits per heavy atom. The van der Waals surface area contributed by atoms with Crippen LogP contribution in [-0.2, 0) is 23.9 Å². The van der Waals surface area contributed by atoms with Gasteiger partial charge in [0.1, 0.15) is 11.9 Å². The summed E-state index contributed by atoms with van der Waals surface area (Å²) in [5.41, 5.74) is -0.895. The van der Waals surface area contributed by atoms with Gasteiger partial charge in [0.25, 0.3) is 0 Å². The first-order valence-corrected chi connectivity index (χ1v) is 11.7. The molecule has 1 saturated carbocycles. The summed E-state index contributed by atoms with van der Waals surface area (Å²) in [5.74, 6) is -2.06. The van der Waals surface area contributed by atoms with Crippen molar-refractivity contribution in [3.05, 3.63) is 34.3 Å². The van der Waals surface area contributed by atoms with E-state index in [1.807, 2.05) is 4.90 Å². The predicted molar refractivity (Wildman–Crippen MR) is 117 cm³/mol. The Bertz CT molecular complexity index is 1030. The average Bonchev–Trinajstić information content (AvgIpc) is 3.37. The molecule has 0 aromatic heterocycles. The number of rotatable bonds is 3. The van der Waals surface area contributed by atoms with E-state index in [4.69, 9.17) is 9.47 Å². The third kappa shape index (κ3) is 2.93. The first-order valence-electron chi connectivity index (χ1n) is 11.7. The predicted octanol–water partition coefficient (Wildman–Crippen LogP) is 1.99. The van der Waals surface area contributed by atoms with Crippen molar-refractivity contribution in [2.24, 2.45) is 16.7 Å². The molecule has 8 nitrogen and oxygen atoms in total. The summed E-state index contributed by atoms with van der Waals surface area (Å²) in [6, 6.07) is 0. The van der Waals surface area contributed by atoms with Crippen LogP contribution in [0.2, 0.25) is 0 Å². The van der Waals surface area contributed by atoms with Crippen molar-refractivity contribution < 1.29 is 34.1 Å². The summed E-state index contributed by atoms with van der Waals surface area (Å²) in [7, 11) is 1.49. The van der Waals surface area contributed by atoms with Crippen LogP contribution in [0.3, 0.4) is 0 Å². The number of ketones is 2. The van der Waals surface area contributed by atoms with Gasteiger partial charge in [-0.05, 0) is 38.2 Å². The zero-order valence-corrected chi connectivity index (χ0v) is 19.3. The number of Topliss-reactive ketones (excluding diaryl/α,β-unsaturated/α-hetero) is 2. The number of allylic oxidation sites excluding steroid dienone is 1. The Labute approximate surface area is 192 Å². The van der Waals surface area contributed by atoms with Crippen molar-refractivity contribution in [2.75, 3.05) is 26.8 Å². The highest BCUT2D eigenvalue weighted by Gasteiger charge is 2.63. The van der Waals surface area contributed by atoms with Crippen molar-refractivity contribution >= 4 is 17.5 Å². The smallest absolute Gasteiger partial charge is 0.340 e. The lowest BCUT2D eigenvalue weighted by Crippen LogP contribution is -2.56. The molecule has 0 spiro atoms. The second kappa shape index (κ2) is 7.53. The fourth-order valence-corrected chi connectivity index (χ4v) is 6.87. The molecule has 2 aliphatic heterocycles. The Morgan fingerprint density at radius 2 is 1.91 bits per heavy atom. The number of aliphatic hydroxyl groups is 2. The molecule has 0 amide bonds. The van der Waals surface area contributed by atoms with Gasteiger partial charge in [0.05, 0.1) is 23.7 Å². The molecule has 5 atom stereocenters. The van der Waals surface area contributed by atoms with Crippen molar-refractivity contribution in [3.8, 4) is 0 Å². The molecular weight excluding hydrogens is 426 g/mol. The van der Waals surface area contributed by atoms with Gasteiger partial charge < -0.3 is 24.6 Å². The first kappa shape index (κ1) is 22.3. The number of nitrogens with zero attached hydrogens (tertiary/aromatic N) is 1. The summed E-state index contributed by atoms with van der Waals surface area (Å²) in [5, 5.41) is 22.7. The third-order valence-electron chi connectivity index (χ3n) is 8.58. The number of methoxy groups -OCH3 is 1. The minimum absolute atomic E-state index is 0.0310. The van der Waals surface area contributed by atoms with Crippen LogP contribution in [0.1, 0.15) is 46.0 Å². The molecule has 2 saturated heterocycles. The van der Waals surface area contributed by atoms with Crippen LogP contribution in [0.5, 0.6) is 0 Å². The van der Waals surface area contributed by atoms with Crippen molar-refractivity contribution in [3.63, 3.8) is 0 Å². The highest BCUT2D eigenvalue weighted by atomic mass is 16.6. The summed E-state index contributed by atoms with van der Waals surface area (Å²) >= 11 is 0. The summed E-state index contributed by atoms with van der Waals surface area (Å²) in [4.78, 5) is 41.4. The van der Waals surface area contributed by atoms with Crippen LogP contribution in [0.15, 0.2) is 34.3 Å². The number of carbonyl (C=O) groups is 3. The topological polar surface area (TPSA) is 113 Å². The van der Waals surface area contributed by atoms with E-state index in [0.29, 0.717) is 24.0 Å². The van der Waals surface area contributed by atoms with Gasteiger partial charge in [0.15, 0.2) is 5.76 Å². The largest absolute Gasteiger partial charge is 0.504 e. The fraction of sp³-hybridized carbons (Fsp3) is 0.640. The van der Waals surface area contributed by atoms with Gasteiger partial charge >= 0.3 is 5.97 Å². The number of cyclic esters (lactones) is 1. The highest BCUT2D eigenvalue weighted by molar-refractivity contribution is 6.13. The van der Waals surface area contributed by atoms with E-state index in [1.54, 1.807) is 20.0 Å². The lowest BCUT2D eigenvalue weighted by molar-refractivity contribution is -0.157. The summed E-state index contributed by atoms with van der Waals surface area (Å²) in [6.45, 7) is 5.19. The number of hydrogen-bond donors (Lipinski definition) is 2. The lowest BCUT2D eigenvalue weighted by atomic mass is 9.53. The second-order valence-corrected chi connectivity index (χ2v) is 10.4. The summed E-state index contributed by atoms with van der Waals surface area (Å²) in [6.07, 6.45) is 2.79. The molecule has 178 valence electrons. The van der Waals surface area contributed by atoms with E-state index in [9.17, 15) is 24.6 Å². The quantitative estimate of drug-likeness (QED) is 0.489. The summed E-state index contributed by atoms with van der Waals surface area (Å²) < 4.78 is 11.2. The molecular formula is C25H31NO7. The molecule has 0 bridgehead atoms. The monoisotopic (exact) mass is 457 g/mol. The molecule has 3 aliphatic carbocycles. The minimum Gasteiger partial charge on any atom is -0.504 e. The second-order valence-electron chi connectivity index (χ2n) is 10.4. The standard InChI is InChI=1S/C25H31NO7/c1-24-10-15(27)20-18(14(24)6-7-16(24)28)21(29)22(30)19-13(11-26-8-4-5-9-26)23(31)33-17(12-32-3)25(19,20)2/h11,14-15,17,27,30H,4-10,12H2,1-3H3/b13-11+/t14-,15+,17+,24?,25?/m0/s1. The van der Waals surface area contributed by atoms with Gasteiger partial charge in [0, 0.05) is 55.3 Å². The Morgan fingerprint density at radius 1 is 1.21 bits per heavy atom. The van der Waals surface area contributed by atoms with Gasteiger partial charge in [-0.3, -0.25) is 9.59 Å². The van der Waals surface area contributed by atoms with Gasteiger partial charge in [-0.2, -0.15) is 0 Å². The molecule has 2 unspecified atom stereocenters. The minimum atomic E-state index is -1.16. The van der Waals surface area contributed by atoms with Crippen LogP contribution < -0.4 is 0 Å². The molecule has 0 radical (unpaired) electrons. The van der Waals surface area contributed by atoms with Crippen molar-refractivity contribution in [2.45, 2.75) is 58.2 Å². The maximum Gasteiger partial charge on any atom is 0.340 e. The maximum absolute atomic E-state index is 13.6. The van der Waals surface area contributed by atoms with E-state index in [-0.39, 0.29) is 35.9 Å². The van der Waals surface area contributed by atoms with Gasteiger partial charge in [0.2, 0.25) is 5.78 Å². The van der Waals surface area contributed by atoms with E-state index in [0.717, 1.165) is 25.9 Å². The maximum atomic E-state index is 13.6. The molecule has 2 N–H and O–H groups in total. The Kier molecular flexibility index (Phi) is 5.10. The number of esters is 1. The third-order valence-corrected chi connectivity index (χ3v) is 8.58. The van der Waals surface area contributed by atoms with Crippen LogP contribution >= 0.6 is 0 Å². The molecule has 8 heteroatoms. The zero-order valence-electron chi connectivity index (χ0n) is 19.3. The Hall–Kier alpha value is -2.45. The molecule has 5 aliphatic rings. The molecule has 2 heterocycles. The van der Waals surface area contributed by atoms with Crippen LogP contribution in [-0.4, -0.2) is 71.7 Å². The van der Waals surface area contributed by atoms with Crippen LogP contribution in [0.25, 0.3) is 0 Å². The number of hydrogen-bond acceptors (Lipinski definition) is 8. The molecule has 3 fully saturated rings. The van der Waals surface area contributed by atoms with Gasteiger partial charge in [-0.25, -0.2) is 4.79 Å². The normalized spacial score (nSPS) is 39.8. The van der Waals surface area contributed by atoms with Crippen molar-refractivity contribution in [1.29, 1.82) is 0 Å². The van der Waals surface area contributed by atoms with Crippen LogP contribution in [0, 0.1) is 16.7 Å². The highest BCUT2D eigenvalue weighted by Crippen LogP contribution is 2.61. The lowest BCUT2D eigenvalue weighted by Gasteiger charge is -2.52. The SMILES string of the molecule is COC[C@H]1OC(=O)/C(=C/N2CCCC2)C2=C(O)C(=O)C3=C([C@H](O)CC4(C)C(=O)CC[C@@H]34)C21C. The van der Waals surface area contributed by atoms with Gasteiger partial charge in [-0.1, -0.05) is 6.92 Å². The molecule has 33 heavy (non-hydrogen) atoms. The van der Waals surface area contributed by atoms with Crippen LogP contribution in [0.4, 0.5) is 0 Å². The number of likely N-dealkylation sites (tertiary alicyclic amines) is 1. The average molecular weight is 458 g/mol. The first-order chi connectivity index (χ1) is 15.6. The molecule has 0 aromatic carbocycles.